The average molecular weight is 408 g/mol. The van der Waals surface area contributed by atoms with Crippen molar-refractivity contribution < 1.29 is 9.90 Å². The predicted octanol–water partition coefficient (Wildman–Crippen LogP) is 3.80. The normalized spacial score (nSPS) is 24.1. The van der Waals surface area contributed by atoms with Crippen LogP contribution in [0.25, 0.3) is 0 Å². The van der Waals surface area contributed by atoms with E-state index in [0.29, 0.717) is 29.0 Å². The lowest BCUT2D eigenvalue weighted by Gasteiger charge is -2.34. The number of aliphatic hydroxyl groups is 1. The number of carbonyl (C=O) groups is 1. The van der Waals surface area contributed by atoms with Crippen LogP contribution in [-0.2, 0) is 11.8 Å². The Bertz CT molecular complexity index is 825. The highest BCUT2D eigenvalue weighted by Gasteiger charge is 2.46. The van der Waals surface area contributed by atoms with E-state index in [1.165, 1.54) is 0 Å². The summed E-state index contributed by atoms with van der Waals surface area (Å²) >= 11 is 12.2. The molecule has 2 fully saturated rings. The fourth-order valence-electron chi connectivity index (χ4n) is 4.17. The maximum absolute atomic E-state index is 12.9. The number of rotatable bonds is 4. The number of carbonyl (C=O) groups excluding carboxylic acids is 1. The molecule has 7 heteroatoms. The van der Waals surface area contributed by atoms with E-state index in [2.05, 4.69) is 4.98 Å². The van der Waals surface area contributed by atoms with E-state index in [-0.39, 0.29) is 23.7 Å². The minimum absolute atomic E-state index is 0.0237. The number of amides is 1. The van der Waals surface area contributed by atoms with Gasteiger partial charge in [-0.1, -0.05) is 23.2 Å². The first-order chi connectivity index (χ1) is 12.9. The van der Waals surface area contributed by atoms with Crippen molar-refractivity contribution in [3.63, 3.8) is 0 Å². The molecule has 27 heavy (non-hydrogen) atoms. The summed E-state index contributed by atoms with van der Waals surface area (Å²) in [6.45, 7) is 1.37. The first kappa shape index (κ1) is 18.8. The van der Waals surface area contributed by atoms with Gasteiger partial charge in [-0.05, 0) is 54.9 Å². The van der Waals surface area contributed by atoms with Gasteiger partial charge >= 0.3 is 0 Å². The van der Waals surface area contributed by atoms with E-state index >= 15 is 0 Å². The molecule has 2 aromatic rings. The van der Waals surface area contributed by atoms with Gasteiger partial charge in [-0.25, -0.2) is 4.98 Å². The molecule has 5 nitrogen and oxygen atoms in total. The van der Waals surface area contributed by atoms with E-state index in [9.17, 15) is 9.90 Å². The molecule has 2 heterocycles. The zero-order valence-corrected chi connectivity index (χ0v) is 16.7. The number of hydrogen-bond acceptors (Lipinski definition) is 3. The molecule has 1 amide bonds. The molecule has 0 spiro atoms. The maximum Gasteiger partial charge on any atom is 0.226 e. The molecule has 0 bridgehead atoms. The number of aromatic nitrogens is 2. The van der Waals surface area contributed by atoms with Crippen LogP contribution in [0.4, 0.5) is 0 Å². The highest BCUT2D eigenvalue weighted by atomic mass is 35.5. The van der Waals surface area contributed by atoms with E-state index in [0.717, 1.165) is 24.8 Å². The van der Waals surface area contributed by atoms with Gasteiger partial charge in [0.2, 0.25) is 5.91 Å². The monoisotopic (exact) mass is 407 g/mol. The van der Waals surface area contributed by atoms with Gasteiger partial charge < -0.3 is 14.6 Å². The van der Waals surface area contributed by atoms with E-state index < -0.39 is 6.10 Å². The molecule has 1 aliphatic heterocycles. The molecule has 144 valence electrons. The molecule has 1 saturated heterocycles. The highest BCUT2D eigenvalue weighted by Crippen LogP contribution is 2.49. The summed E-state index contributed by atoms with van der Waals surface area (Å²) in [6.07, 6.45) is 5.40. The van der Waals surface area contributed by atoms with Crippen LogP contribution in [0.5, 0.6) is 0 Å². The van der Waals surface area contributed by atoms with Crippen LogP contribution >= 0.6 is 23.2 Å². The number of likely N-dealkylation sites (tertiary alicyclic amines) is 1. The number of nitrogens with zero attached hydrogens (tertiary/aromatic N) is 3. The van der Waals surface area contributed by atoms with Crippen molar-refractivity contribution in [1.82, 2.24) is 14.5 Å². The molecule has 3 unspecified atom stereocenters. The maximum atomic E-state index is 12.9. The zero-order valence-electron chi connectivity index (χ0n) is 15.2. The van der Waals surface area contributed by atoms with Crippen LogP contribution in [0.1, 0.15) is 42.7 Å². The molecular weight excluding hydrogens is 385 g/mol. The molecule has 1 aromatic heterocycles. The summed E-state index contributed by atoms with van der Waals surface area (Å²) in [7, 11) is 1.89. The summed E-state index contributed by atoms with van der Waals surface area (Å²) in [5.74, 6) is 1.28. The van der Waals surface area contributed by atoms with Gasteiger partial charge in [0, 0.05) is 48.5 Å². The van der Waals surface area contributed by atoms with Crippen molar-refractivity contribution in [1.29, 1.82) is 0 Å². The number of imidazole rings is 1. The standard InChI is InChI=1S/C20H23Cl2N3O2/c1-24-7-4-23-19(24)18(26)12-2-5-25(6-3-12)20(27)17-11-16(17)13-8-14(21)10-15(22)9-13/h4,7-10,12,16-18,26H,2-3,5-6,11H2,1H3. The first-order valence-electron chi connectivity index (χ1n) is 9.34. The SMILES string of the molecule is Cn1ccnc1C(O)C1CCN(C(=O)C2CC2c2cc(Cl)cc(Cl)c2)CC1. The van der Waals surface area contributed by atoms with Gasteiger partial charge in [-0.15, -0.1) is 0 Å². The molecule has 1 aliphatic carbocycles. The van der Waals surface area contributed by atoms with E-state index in [4.69, 9.17) is 23.2 Å². The molecule has 0 radical (unpaired) electrons. The molecule has 1 aromatic carbocycles. The van der Waals surface area contributed by atoms with E-state index in [1.54, 1.807) is 12.3 Å². The summed E-state index contributed by atoms with van der Waals surface area (Å²) in [4.78, 5) is 19.0. The smallest absolute Gasteiger partial charge is 0.226 e. The number of aliphatic hydroxyl groups excluding tert-OH is 1. The lowest BCUT2D eigenvalue weighted by molar-refractivity contribution is -0.134. The second-order valence-corrected chi connectivity index (χ2v) is 8.53. The third-order valence-electron chi connectivity index (χ3n) is 5.84. The minimum atomic E-state index is -0.579. The van der Waals surface area contributed by atoms with Crippen LogP contribution in [0.2, 0.25) is 10.0 Å². The largest absolute Gasteiger partial charge is 0.385 e. The molecule has 1 saturated carbocycles. The summed E-state index contributed by atoms with van der Waals surface area (Å²) in [5.41, 5.74) is 1.05. The van der Waals surface area contributed by atoms with Crippen LogP contribution in [0.15, 0.2) is 30.6 Å². The second-order valence-electron chi connectivity index (χ2n) is 7.66. The first-order valence-corrected chi connectivity index (χ1v) is 10.1. The van der Waals surface area contributed by atoms with Gasteiger partial charge in [0.25, 0.3) is 0 Å². The zero-order chi connectivity index (χ0) is 19.1. The molecule has 3 atom stereocenters. The third kappa shape index (κ3) is 3.86. The Hall–Kier alpha value is -1.56. The Labute approximate surface area is 168 Å². The predicted molar refractivity (Wildman–Crippen MR) is 105 cm³/mol. The summed E-state index contributed by atoms with van der Waals surface area (Å²) < 4.78 is 1.85. The quantitative estimate of drug-likeness (QED) is 0.837. The molecule has 1 N–H and O–H groups in total. The van der Waals surface area contributed by atoms with Gasteiger partial charge in [0.1, 0.15) is 11.9 Å². The fraction of sp³-hybridized carbons (Fsp3) is 0.500. The number of aryl methyl sites for hydroxylation is 1. The average Bonchev–Trinajstić information content (AvgIpc) is 3.34. The highest BCUT2D eigenvalue weighted by molar-refractivity contribution is 6.34. The Kier molecular flexibility index (Phi) is 5.19. The number of piperidine rings is 1. The van der Waals surface area contributed by atoms with Crippen molar-refractivity contribution in [3.8, 4) is 0 Å². The van der Waals surface area contributed by atoms with Gasteiger partial charge in [0.15, 0.2) is 0 Å². The Morgan fingerprint density at radius 3 is 2.48 bits per heavy atom. The third-order valence-corrected chi connectivity index (χ3v) is 6.28. The Balaban J connectivity index is 1.34. The van der Waals surface area contributed by atoms with Gasteiger partial charge in [-0.3, -0.25) is 4.79 Å². The Morgan fingerprint density at radius 1 is 1.22 bits per heavy atom. The van der Waals surface area contributed by atoms with Crippen LogP contribution in [0.3, 0.4) is 0 Å². The summed E-state index contributed by atoms with van der Waals surface area (Å²) in [6, 6.07) is 5.52. The van der Waals surface area contributed by atoms with Gasteiger partial charge in [0.05, 0.1) is 0 Å². The van der Waals surface area contributed by atoms with Crippen LogP contribution in [-0.4, -0.2) is 38.6 Å². The van der Waals surface area contributed by atoms with Crippen molar-refractivity contribution in [2.75, 3.05) is 13.1 Å². The lowest BCUT2D eigenvalue weighted by atomic mass is 9.90. The number of benzene rings is 1. The van der Waals surface area contributed by atoms with Crippen molar-refractivity contribution in [2.24, 2.45) is 18.9 Å². The molecular formula is C20H23Cl2N3O2. The molecule has 4 rings (SSSR count). The van der Waals surface area contributed by atoms with Crippen molar-refractivity contribution >= 4 is 29.1 Å². The number of hydrogen-bond donors (Lipinski definition) is 1. The van der Waals surface area contributed by atoms with Crippen molar-refractivity contribution in [2.45, 2.75) is 31.3 Å². The van der Waals surface area contributed by atoms with Crippen molar-refractivity contribution in [3.05, 3.63) is 52.0 Å². The second kappa shape index (κ2) is 7.46. The topological polar surface area (TPSA) is 58.4 Å². The van der Waals surface area contributed by atoms with E-state index in [1.807, 2.05) is 34.8 Å². The minimum Gasteiger partial charge on any atom is -0.385 e. The Morgan fingerprint density at radius 2 is 1.89 bits per heavy atom. The molecule has 2 aliphatic rings. The van der Waals surface area contributed by atoms with Crippen LogP contribution in [0, 0.1) is 11.8 Å². The fourth-order valence-corrected chi connectivity index (χ4v) is 4.71. The lowest BCUT2D eigenvalue weighted by Crippen LogP contribution is -2.41. The van der Waals surface area contributed by atoms with Crippen LogP contribution < -0.4 is 0 Å². The summed E-state index contributed by atoms with van der Waals surface area (Å²) in [5, 5.41) is 11.8. The van der Waals surface area contributed by atoms with Gasteiger partial charge in [-0.2, -0.15) is 0 Å². The number of halogens is 2.